The number of piperidine rings is 1. The zero-order valence-corrected chi connectivity index (χ0v) is 12.9. The van der Waals surface area contributed by atoms with Gasteiger partial charge in [-0.2, -0.15) is 5.10 Å². The summed E-state index contributed by atoms with van der Waals surface area (Å²) in [7, 11) is -0.905. The lowest BCUT2D eigenvalue weighted by molar-refractivity contribution is 0.226. The zero-order chi connectivity index (χ0) is 14.6. The minimum Gasteiger partial charge on any atom is -0.354 e. The van der Waals surface area contributed by atoms with Crippen LogP contribution in [0.25, 0.3) is 0 Å². The van der Waals surface area contributed by atoms with E-state index in [0.717, 1.165) is 31.7 Å². The number of hydrogen-bond donors (Lipinski definition) is 0. The molecule has 1 aromatic rings. The van der Waals surface area contributed by atoms with Crippen LogP contribution in [0.4, 0.5) is 5.82 Å². The fourth-order valence-electron chi connectivity index (χ4n) is 2.48. The van der Waals surface area contributed by atoms with Crippen molar-refractivity contribution in [3.05, 3.63) is 18.3 Å². The summed E-state index contributed by atoms with van der Waals surface area (Å²) >= 11 is 0. The molecule has 0 N–H and O–H groups in total. The maximum absolute atomic E-state index is 11.2. The molecule has 1 aliphatic heterocycles. The van der Waals surface area contributed by atoms with Gasteiger partial charge in [0, 0.05) is 38.1 Å². The highest BCUT2D eigenvalue weighted by atomic mass is 32.2. The van der Waals surface area contributed by atoms with E-state index >= 15 is 0 Å². The standard InChI is InChI=1S/C13H22N4O2S/c1-16(9-10-20(2,18)19)12-5-4-8-17(11-12)13-6-3-7-14-15-13/h3,6-7,12H,4-5,8-11H2,1-2H3/t12-/m1/s1. The Morgan fingerprint density at radius 2 is 2.30 bits per heavy atom. The van der Waals surface area contributed by atoms with Crippen molar-refractivity contribution in [3.63, 3.8) is 0 Å². The molecular formula is C13H22N4O2S. The van der Waals surface area contributed by atoms with Gasteiger partial charge in [0.2, 0.25) is 0 Å². The number of aromatic nitrogens is 2. The summed E-state index contributed by atoms with van der Waals surface area (Å²) in [5.41, 5.74) is 0. The van der Waals surface area contributed by atoms with Gasteiger partial charge >= 0.3 is 0 Å². The maximum atomic E-state index is 11.2. The van der Waals surface area contributed by atoms with E-state index in [1.165, 1.54) is 6.26 Å². The highest BCUT2D eigenvalue weighted by Gasteiger charge is 2.24. The monoisotopic (exact) mass is 298 g/mol. The van der Waals surface area contributed by atoms with Crippen LogP contribution in [-0.4, -0.2) is 68.2 Å². The lowest BCUT2D eigenvalue weighted by Gasteiger charge is -2.38. The minimum atomic E-state index is -2.90. The van der Waals surface area contributed by atoms with Crippen LogP contribution in [0.2, 0.25) is 0 Å². The Balaban J connectivity index is 1.93. The Kier molecular flexibility index (Phi) is 4.93. The van der Waals surface area contributed by atoms with Gasteiger partial charge in [-0.15, -0.1) is 5.10 Å². The minimum absolute atomic E-state index is 0.213. The molecule has 0 amide bonds. The van der Waals surface area contributed by atoms with Crippen LogP contribution < -0.4 is 4.90 Å². The lowest BCUT2D eigenvalue weighted by Crippen LogP contribution is -2.47. The second kappa shape index (κ2) is 6.49. The third kappa shape index (κ3) is 4.42. The van der Waals surface area contributed by atoms with E-state index in [-0.39, 0.29) is 5.75 Å². The first-order chi connectivity index (χ1) is 9.46. The van der Waals surface area contributed by atoms with Gasteiger partial charge < -0.3 is 9.80 Å². The normalized spacial score (nSPS) is 20.4. The summed E-state index contributed by atoms with van der Waals surface area (Å²) in [6.07, 6.45) is 5.14. The summed E-state index contributed by atoms with van der Waals surface area (Å²) in [5.74, 6) is 1.11. The van der Waals surface area contributed by atoms with Crippen LogP contribution in [0.1, 0.15) is 12.8 Å². The lowest BCUT2D eigenvalue weighted by atomic mass is 10.0. The first-order valence-corrected chi connectivity index (χ1v) is 8.92. The molecule has 20 heavy (non-hydrogen) atoms. The van der Waals surface area contributed by atoms with Crippen LogP contribution in [0.5, 0.6) is 0 Å². The maximum Gasteiger partial charge on any atom is 0.151 e. The smallest absolute Gasteiger partial charge is 0.151 e. The Bertz CT molecular complexity index is 520. The van der Waals surface area contributed by atoms with Gasteiger partial charge in [0.1, 0.15) is 9.84 Å². The molecule has 0 aromatic carbocycles. The third-order valence-corrected chi connectivity index (χ3v) is 4.64. The van der Waals surface area contributed by atoms with E-state index in [9.17, 15) is 8.42 Å². The van der Waals surface area contributed by atoms with Crippen molar-refractivity contribution in [1.29, 1.82) is 0 Å². The summed E-state index contributed by atoms with van der Waals surface area (Å²) in [6.45, 7) is 2.44. The van der Waals surface area contributed by atoms with Gasteiger partial charge in [0.15, 0.2) is 5.82 Å². The molecule has 1 saturated heterocycles. The van der Waals surface area contributed by atoms with E-state index in [0.29, 0.717) is 12.6 Å². The summed E-state index contributed by atoms with van der Waals surface area (Å²) < 4.78 is 22.5. The van der Waals surface area contributed by atoms with Gasteiger partial charge in [0.05, 0.1) is 5.75 Å². The van der Waals surface area contributed by atoms with Gasteiger partial charge in [0.25, 0.3) is 0 Å². The van der Waals surface area contributed by atoms with E-state index in [2.05, 4.69) is 20.0 Å². The second-order valence-corrected chi connectivity index (χ2v) is 7.69. The third-order valence-electron chi connectivity index (χ3n) is 3.72. The second-order valence-electron chi connectivity index (χ2n) is 5.43. The fraction of sp³-hybridized carbons (Fsp3) is 0.692. The first kappa shape index (κ1) is 15.2. The average Bonchev–Trinajstić information content (AvgIpc) is 2.45. The van der Waals surface area contributed by atoms with Crippen LogP contribution in [-0.2, 0) is 9.84 Å². The van der Waals surface area contributed by atoms with Crippen molar-refractivity contribution in [2.45, 2.75) is 18.9 Å². The summed E-state index contributed by atoms with van der Waals surface area (Å²) in [6, 6.07) is 4.22. The molecule has 0 aliphatic carbocycles. The molecule has 0 spiro atoms. The predicted molar refractivity (Wildman–Crippen MR) is 79.6 cm³/mol. The molecule has 112 valence electrons. The van der Waals surface area contributed by atoms with Crippen LogP contribution in [0.15, 0.2) is 18.3 Å². The molecule has 0 saturated carbocycles. The molecular weight excluding hydrogens is 276 g/mol. The Hall–Kier alpha value is -1.21. The van der Waals surface area contributed by atoms with E-state index in [1.807, 2.05) is 19.2 Å². The molecule has 1 atom stereocenters. The number of sulfone groups is 1. The molecule has 1 aliphatic rings. The largest absolute Gasteiger partial charge is 0.354 e. The molecule has 0 unspecified atom stereocenters. The first-order valence-electron chi connectivity index (χ1n) is 6.86. The summed E-state index contributed by atoms with van der Waals surface area (Å²) in [5, 5.41) is 8.06. The number of likely N-dealkylation sites (N-methyl/N-ethyl adjacent to an activating group) is 1. The number of nitrogens with zero attached hydrogens (tertiary/aromatic N) is 4. The molecule has 6 nitrogen and oxygen atoms in total. The number of anilines is 1. The van der Waals surface area contributed by atoms with Gasteiger partial charge in [-0.3, -0.25) is 0 Å². The Morgan fingerprint density at radius 1 is 1.50 bits per heavy atom. The topological polar surface area (TPSA) is 66.4 Å². The fourth-order valence-corrected chi connectivity index (χ4v) is 3.10. The van der Waals surface area contributed by atoms with Gasteiger partial charge in [-0.1, -0.05) is 0 Å². The van der Waals surface area contributed by atoms with Crippen molar-refractivity contribution in [2.24, 2.45) is 0 Å². The Labute approximate surface area is 120 Å². The molecule has 2 heterocycles. The molecule has 7 heteroatoms. The van der Waals surface area contributed by atoms with Crippen molar-refractivity contribution >= 4 is 15.7 Å². The van der Waals surface area contributed by atoms with Gasteiger partial charge in [-0.25, -0.2) is 8.42 Å². The van der Waals surface area contributed by atoms with Crippen molar-refractivity contribution in [1.82, 2.24) is 15.1 Å². The van der Waals surface area contributed by atoms with Crippen LogP contribution >= 0.6 is 0 Å². The van der Waals surface area contributed by atoms with E-state index in [1.54, 1.807) is 6.20 Å². The number of hydrogen-bond acceptors (Lipinski definition) is 6. The highest BCUT2D eigenvalue weighted by Crippen LogP contribution is 2.19. The van der Waals surface area contributed by atoms with Crippen LogP contribution in [0.3, 0.4) is 0 Å². The Morgan fingerprint density at radius 3 is 2.95 bits per heavy atom. The molecule has 1 fully saturated rings. The van der Waals surface area contributed by atoms with E-state index in [4.69, 9.17) is 0 Å². The molecule has 2 rings (SSSR count). The molecule has 0 bridgehead atoms. The predicted octanol–water partition coefficient (Wildman–Crippen LogP) is 0.422. The highest BCUT2D eigenvalue weighted by molar-refractivity contribution is 7.90. The van der Waals surface area contributed by atoms with E-state index < -0.39 is 9.84 Å². The van der Waals surface area contributed by atoms with Crippen molar-refractivity contribution < 1.29 is 8.42 Å². The zero-order valence-electron chi connectivity index (χ0n) is 12.1. The van der Waals surface area contributed by atoms with Crippen molar-refractivity contribution in [2.75, 3.05) is 43.6 Å². The summed E-state index contributed by atoms with van der Waals surface area (Å²) in [4.78, 5) is 4.36. The SMILES string of the molecule is CN(CCS(C)(=O)=O)[C@@H]1CCCN(c2cccnn2)C1. The van der Waals surface area contributed by atoms with Crippen LogP contribution in [0, 0.1) is 0 Å². The molecule has 0 radical (unpaired) electrons. The quantitative estimate of drug-likeness (QED) is 0.785. The van der Waals surface area contributed by atoms with Crippen molar-refractivity contribution in [3.8, 4) is 0 Å². The molecule has 1 aromatic heterocycles. The number of rotatable bonds is 5. The van der Waals surface area contributed by atoms with Gasteiger partial charge in [-0.05, 0) is 32.0 Å². The average molecular weight is 298 g/mol.